The van der Waals surface area contributed by atoms with Crippen molar-refractivity contribution in [2.45, 2.75) is 25.4 Å². The summed E-state index contributed by atoms with van der Waals surface area (Å²) >= 11 is 6.18. The van der Waals surface area contributed by atoms with E-state index in [-0.39, 0.29) is 5.91 Å². The van der Waals surface area contributed by atoms with Crippen LogP contribution in [0.15, 0.2) is 18.2 Å². The second-order valence-electron chi connectivity index (χ2n) is 4.65. The number of anilines is 1. The van der Waals surface area contributed by atoms with Gasteiger partial charge in [-0.1, -0.05) is 23.7 Å². The molecule has 2 rings (SSSR count). The zero-order valence-corrected chi connectivity index (χ0v) is 11.2. The van der Waals surface area contributed by atoms with Crippen molar-refractivity contribution in [1.29, 1.82) is 0 Å². The number of hydrogen-bond donors (Lipinski definition) is 2. The number of carbonyl (C=O) groups excluding carboxylic acids is 1. The van der Waals surface area contributed by atoms with Crippen molar-refractivity contribution in [2.75, 3.05) is 18.5 Å². The first kappa shape index (κ1) is 13.2. The van der Waals surface area contributed by atoms with Crippen LogP contribution >= 0.6 is 11.6 Å². The van der Waals surface area contributed by atoms with Gasteiger partial charge in [0.15, 0.2) is 0 Å². The Kier molecular flexibility index (Phi) is 4.09. The molecule has 0 unspecified atom stereocenters. The summed E-state index contributed by atoms with van der Waals surface area (Å²) in [6.07, 6.45) is 2.19. The van der Waals surface area contributed by atoms with Gasteiger partial charge in [-0.3, -0.25) is 4.79 Å². The summed E-state index contributed by atoms with van der Waals surface area (Å²) in [5.74, 6) is 0.0305. The quantitative estimate of drug-likeness (QED) is 0.850. The molecule has 1 aliphatic carbocycles. The summed E-state index contributed by atoms with van der Waals surface area (Å²) in [6.45, 7) is 0.706. The number of nitrogens with one attached hydrogen (secondary N) is 1. The van der Waals surface area contributed by atoms with E-state index in [1.807, 2.05) is 30.1 Å². The van der Waals surface area contributed by atoms with Crippen LogP contribution in [0.4, 0.5) is 5.69 Å². The third-order valence-corrected chi connectivity index (χ3v) is 3.30. The average molecular weight is 268 g/mol. The number of amides is 1. The van der Waals surface area contributed by atoms with Crippen LogP contribution in [0.3, 0.4) is 0 Å². The first-order valence-corrected chi connectivity index (χ1v) is 6.47. The van der Waals surface area contributed by atoms with Crippen LogP contribution < -0.4 is 16.0 Å². The second kappa shape index (κ2) is 5.59. The maximum absolute atomic E-state index is 11.8. The third kappa shape index (κ3) is 3.15. The van der Waals surface area contributed by atoms with E-state index in [0.29, 0.717) is 24.2 Å². The summed E-state index contributed by atoms with van der Waals surface area (Å²) in [5.41, 5.74) is 7.48. The molecule has 1 saturated carbocycles. The topological polar surface area (TPSA) is 58.4 Å². The second-order valence-corrected chi connectivity index (χ2v) is 5.06. The molecule has 18 heavy (non-hydrogen) atoms. The van der Waals surface area contributed by atoms with Crippen molar-refractivity contribution < 1.29 is 4.79 Å². The molecule has 4 nitrogen and oxygen atoms in total. The van der Waals surface area contributed by atoms with Gasteiger partial charge in [-0.15, -0.1) is 0 Å². The average Bonchev–Trinajstić information content (AvgIpc) is 3.11. The Balaban J connectivity index is 2.07. The SMILES string of the molecule is CN(CC(=O)NC1CC1)c1c(Cl)cccc1CN. The van der Waals surface area contributed by atoms with Crippen molar-refractivity contribution in [3.05, 3.63) is 28.8 Å². The van der Waals surface area contributed by atoms with E-state index in [2.05, 4.69) is 5.32 Å². The van der Waals surface area contributed by atoms with Crippen LogP contribution in [0.25, 0.3) is 0 Å². The number of nitrogens with zero attached hydrogens (tertiary/aromatic N) is 1. The minimum absolute atomic E-state index is 0.0305. The van der Waals surface area contributed by atoms with Crippen LogP contribution in [-0.2, 0) is 11.3 Å². The van der Waals surface area contributed by atoms with Crippen molar-refractivity contribution in [1.82, 2.24) is 5.32 Å². The molecule has 1 aliphatic rings. The molecule has 1 fully saturated rings. The van der Waals surface area contributed by atoms with Gasteiger partial charge in [0.2, 0.25) is 5.91 Å². The summed E-state index contributed by atoms with van der Waals surface area (Å²) < 4.78 is 0. The molecule has 0 radical (unpaired) electrons. The van der Waals surface area contributed by atoms with Gasteiger partial charge < -0.3 is 16.0 Å². The van der Waals surface area contributed by atoms with E-state index < -0.39 is 0 Å². The molecule has 0 atom stereocenters. The van der Waals surface area contributed by atoms with Gasteiger partial charge in [0.05, 0.1) is 17.3 Å². The first-order valence-electron chi connectivity index (χ1n) is 6.09. The summed E-state index contributed by atoms with van der Waals surface area (Å²) in [4.78, 5) is 13.6. The predicted molar refractivity (Wildman–Crippen MR) is 73.8 cm³/mol. The lowest BCUT2D eigenvalue weighted by Gasteiger charge is -2.22. The molecule has 0 spiro atoms. The van der Waals surface area contributed by atoms with Gasteiger partial charge in [-0.25, -0.2) is 0 Å². The van der Waals surface area contributed by atoms with Gasteiger partial charge in [0.1, 0.15) is 0 Å². The molecule has 0 aromatic heterocycles. The predicted octanol–water partition coefficient (Wildman–Crippen LogP) is 1.51. The third-order valence-electron chi connectivity index (χ3n) is 3.00. The van der Waals surface area contributed by atoms with Gasteiger partial charge in [0, 0.05) is 19.6 Å². The molecule has 0 aliphatic heterocycles. The molecular weight excluding hydrogens is 250 g/mol. The number of hydrogen-bond acceptors (Lipinski definition) is 3. The molecule has 0 saturated heterocycles. The maximum atomic E-state index is 11.8. The number of rotatable bonds is 5. The van der Waals surface area contributed by atoms with E-state index in [1.54, 1.807) is 0 Å². The molecule has 0 bridgehead atoms. The highest BCUT2D eigenvalue weighted by molar-refractivity contribution is 6.33. The van der Waals surface area contributed by atoms with E-state index >= 15 is 0 Å². The number of benzene rings is 1. The number of nitrogens with two attached hydrogens (primary N) is 1. The summed E-state index contributed by atoms with van der Waals surface area (Å²) in [7, 11) is 1.85. The fourth-order valence-corrected chi connectivity index (χ4v) is 2.29. The molecule has 0 heterocycles. The Morgan fingerprint density at radius 2 is 2.28 bits per heavy atom. The standard InChI is InChI=1S/C13H18ClN3O/c1-17(8-12(18)16-10-5-6-10)13-9(7-15)3-2-4-11(13)14/h2-4,10H,5-8,15H2,1H3,(H,16,18). The molecule has 1 aromatic carbocycles. The number of carbonyl (C=O) groups is 1. The van der Waals surface area contributed by atoms with Crippen LogP contribution in [-0.4, -0.2) is 25.5 Å². The molecular formula is C13H18ClN3O. The van der Waals surface area contributed by atoms with Crippen molar-refractivity contribution in [2.24, 2.45) is 5.73 Å². The lowest BCUT2D eigenvalue weighted by Crippen LogP contribution is -2.36. The van der Waals surface area contributed by atoms with Gasteiger partial charge in [-0.05, 0) is 24.5 Å². The van der Waals surface area contributed by atoms with Crippen LogP contribution in [0.1, 0.15) is 18.4 Å². The van der Waals surface area contributed by atoms with Gasteiger partial charge in [0.25, 0.3) is 0 Å². The number of para-hydroxylation sites is 1. The smallest absolute Gasteiger partial charge is 0.239 e. The summed E-state index contributed by atoms with van der Waals surface area (Å²) in [5, 5.41) is 3.58. The van der Waals surface area contributed by atoms with Gasteiger partial charge in [-0.2, -0.15) is 0 Å². The number of likely N-dealkylation sites (N-methyl/N-ethyl adjacent to an activating group) is 1. The largest absolute Gasteiger partial charge is 0.364 e. The van der Waals surface area contributed by atoms with Crippen LogP contribution in [0.5, 0.6) is 0 Å². The fraction of sp³-hybridized carbons (Fsp3) is 0.462. The minimum Gasteiger partial charge on any atom is -0.364 e. The molecule has 98 valence electrons. The first-order chi connectivity index (χ1) is 8.61. The highest BCUT2D eigenvalue weighted by Crippen LogP contribution is 2.28. The highest BCUT2D eigenvalue weighted by atomic mass is 35.5. The molecule has 1 aromatic rings. The molecule has 3 N–H and O–H groups in total. The summed E-state index contributed by atoms with van der Waals surface area (Å²) in [6, 6.07) is 5.99. The molecule has 5 heteroatoms. The Hall–Kier alpha value is -1.26. The lowest BCUT2D eigenvalue weighted by molar-refractivity contribution is -0.119. The van der Waals surface area contributed by atoms with Crippen molar-refractivity contribution in [3.8, 4) is 0 Å². The van der Waals surface area contributed by atoms with Crippen LogP contribution in [0, 0.1) is 0 Å². The Labute approximate surface area is 112 Å². The van der Waals surface area contributed by atoms with E-state index in [4.69, 9.17) is 17.3 Å². The monoisotopic (exact) mass is 267 g/mol. The normalized spacial score (nSPS) is 14.4. The van der Waals surface area contributed by atoms with Crippen LogP contribution in [0.2, 0.25) is 5.02 Å². The lowest BCUT2D eigenvalue weighted by atomic mass is 10.1. The Bertz CT molecular complexity index is 446. The van der Waals surface area contributed by atoms with E-state index in [0.717, 1.165) is 24.1 Å². The zero-order chi connectivity index (χ0) is 13.1. The Morgan fingerprint density at radius 3 is 2.89 bits per heavy atom. The number of halogens is 1. The van der Waals surface area contributed by atoms with Gasteiger partial charge >= 0.3 is 0 Å². The minimum atomic E-state index is 0.0305. The van der Waals surface area contributed by atoms with Crippen molar-refractivity contribution in [3.63, 3.8) is 0 Å². The van der Waals surface area contributed by atoms with Crippen molar-refractivity contribution >= 4 is 23.2 Å². The molecule has 1 amide bonds. The Morgan fingerprint density at radius 1 is 1.56 bits per heavy atom. The van der Waals surface area contributed by atoms with E-state index in [9.17, 15) is 4.79 Å². The highest BCUT2D eigenvalue weighted by Gasteiger charge is 2.24. The zero-order valence-electron chi connectivity index (χ0n) is 10.4. The maximum Gasteiger partial charge on any atom is 0.239 e. The van der Waals surface area contributed by atoms with E-state index in [1.165, 1.54) is 0 Å². The fourth-order valence-electron chi connectivity index (χ4n) is 1.95.